The highest BCUT2D eigenvalue weighted by Crippen LogP contribution is 2.35. The monoisotopic (exact) mass is 537 g/mol. The van der Waals surface area contributed by atoms with Gasteiger partial charge in [0.25, 0.3) is 0 Å². The smallest absolute Gasteiger partial charge is 0.416 e. The Hall–Kier alpha value is -2.63. The number of rotatable bonds is 8. The van der Waals surface area contributed by atoms with Crippen LogP contribution < -0.4 is 15.4 Å². The molecule has 2 N–H and O–H groups in total. The summed E-state index contributed by atoms with van der Waals surface area (Å²) < 4.78 is 72.8. The molecule has 1 saturated carbocycles. The summed E-state index contributed by atoms with van der Waals surface area (Å²) >= 11 is 0. The van der Waals surface area contributed by atoms with Crippen molar-refractivity contribution in [2.45, 2.75) is 74.3 Å². The molecule has 0 bridgehead atoms. The quantitative estimate of drug-likeness (QED) is 0.529. The second-order valence-electron chi connectivity index (χ2n) is 9.93. The van der Waals surface area contributed by atoms with Crippen molar-refractivity contribution in [1.82, 2.24) is 14.9 Å². The summed E-state index contributed by atoms with van der Waals surface area (Å²) in [6.45, 7) is 1.38. The van der Waals surface area contributed by atoms with Gasteiger partial charge in [0.15, 0.2) is 0 Å². The second-order valence-corrected chi connectivity index (χ2v) is 11.8. The van der Waals surface area contributed by atoms with Crippen LogP contribution >= 0.6 is 0 Å². The van der Waals surface area contributed by atoms with E-state index in [9.17, 15) is 26.4 Å². The zero-order valence-electron chi connectivity index (χ0n) is 20.3. The molecule has 1 saturated heterocycles. The van der Waals surface area contributed by atoms with Gasteiger partial charge in [0, 0.05) is 43.6 Å². The normalized spacial score (nSPS) is 22.4. The van der Waals surface area contributed by atoms with E-state index in [0.717, 1.165) is 41.6 Å². The Morgan fingerprint density at radius 2 is 1.89 bits per heavy atom. The lowest BCUT2D eigenvalue weighted by Gasteiger charge is -2.29. The molecule has 11 heteroatoms. The van der Waals surface area contributed by atoms with Crippen LogP contribution in [0.3, 0.4) is 0 Å². The zero-order chi connectivity index (χ0) is 26.2. The summed E-state index contributed by atoms with van der Waals surface area (Å²) in [6, 6.07) is 9.43. The van der Waals surface area contributed by atoms with Crippen LogP contribution in [0.15, 0.2) is 47.4 Å². The minimum atomic E-state index is -4.65. The minimum Gasteiger partial charge on any atom is -0.493 e. The molecule has 2 heterocycles. The van der Waals surface area contributed by atoms with Crippen molar-refractivity contribution in [3.8, 4) is 5.75 Å². The molecule has 2 aliphatic heterocycles. The standard InChI is InChI=1S/C26H30F3N3O4S/c27-26(28,29)18-3-1-5-21(14-18)37(34,35)32-11-2-4-20(32)15-25(33)31-23-10-12-36-24-13-17(6-9-22(23)24)16-30-19-7-8-19/h1,3,5-6,9,13-14,19-20,23,30H,2,4,7-8,10-12,15-16H2,(H,31,33)/t20-,23+/m0/s1. The number of sulfonamides is 1. The Kier molecular flexibility index (Phi) is 7.21. The maximum absolute atomic E-state index is 13.2. The van der Waals surface area contributed by atoms with Gasteiger partial charge >= 0.3 is 6.18 Å². The van der Waals surface area contributed by atoms with E-state index in [1.54, 1.807) is 0 Å². The van der Waals surface area contributed by atoms with Gasteiger partial charge in [-0.05, 0) is 55.5 Å². The summed E-state index contributed by atoms with van der Waals surface area (Å²) in [5.41, 5.74) is 0.973. The molecule has 2 fully saturated rings. The number of carbonyl (C=O) groups is 1. The molecule has 37 heavy (non-hydrogen) atoms. The molecular weight excluding hydrogens is 507 g/mol. The van der Waals surface area contributed by atoms with Crippen molar-refractivity contribution in [1.29, 1.82) is 0 Å². The van der Waals surface area contributed by atoms with Crippen molar-refractivity contribution in [3.05, 3.63) is 59.2 Å². The number of alkyl halides is 3. The van der Waals surface area contributed by atoms with E-state index < -0.39 is 32.7 Å². The van der Waals surface area contributed by atoms with E-state index in [-0.39, 0.29) is 24.9 Å². The summed E-state index contributed by atoms with van der Waals surface area (Å²) in [5.74, 6) is 0.440. The molecule has 2 aromatic carbocycles. The summed E-state index contributed by atoms with van der Waals surface area (Å²) in [7, 11) is -4.18. The Morgan fingerprint density at radius 1 is 1.08 bits per heavy atom. The molecule has 1 amide bonds. The second kappa shape index (κ2) is 10.3. The number of hydrogen-bond acceptors (Lipinski definition) is 5. The van der Waals surface area contributed by atoms with Gasteiger partial charge < -0.3 is 15.4 Å². The first-order valence-corrected chi connectivity index (χ1v) is 14.0. The van der Waals surface area contributed by atoms with Gasteiger partial charge in [-0.1, -0.05) is 18.2 Å². The average Bonchev–Trinajstić information content (AvgIpc) is 3.58. The fourth-order valence-corrected chi connectivity index (χ4v) is 6.75. The SMILES string of the molecule is O=C(C[C@@H]1CCCN1S(=O)(=O)c1cccc(C(F)(F)F)c1)N[C@@H]1CCOc2cc(CNC3CC3)ccc21. The molecule has 7 nitrogen and oxygen atoms in total. The Balaban J connectivity index is 1.25. The maximum Gasteiger partial charge on any atom is 0.416 e. The first-order chi connectivity index (χ1) is 17.6. The third-order valence-corrected chi connectivity index (χ3v) is 9.08. The Bertz CT molecular complexity index is 1260. The van der Waals surface area contributed by atoms with E-state index in [1.165, 1.54) is 17.1 Å². The van der Waals surface area contributed by atoms with Crippen LogP contribution in [0.2, 0.25) is 0 Å². The number of halogens is 3. The van der Waals surface area contributed by atoms with Gasteiger partial charge in [0.2, 0.25) is 15.9 Å². The topological polar surface area (TPSA) is 87.7 Å². The van der Waals surface area contributed by atoms with Gasteiger partial charge in [-0.25, -0.2) is 8.42 Å². The predicted octanol–water partition coefficient (Wildman–Crippen LogP) is 4.14. The van der Waals surface area contributed by atoms with Crippen LogP contribution in [0.5, 0.6) is 5.75 Å². The molecule has 200 valence electrons. The highest BCUT2D eigenvalue weighted by atomic mass is 32.2. The number of nitrogens with zero attached hydrogens (tertiary/aromatic N) is 1. The number of carbonyl (C=O) groups excluding carboxylic acids is 1. The largest absolute Gasteiger partial charge is 0.493 e. The van der Waals surface area contributed by atoms with Crippen molar-refractivity contribution < 1.29 is 31.1 Å². The van der Waals surface area contributed by atoms with Crippen LogP contribution in [0.4, 0.5) is 13.2 Å². The Morgan fingerprint density at radius 3 is 2.65 bits per heavy atom. The highest BCUT2D eigenvalue weighted by molar-refractivity contribution is 7.89. The van der Waals surface area contributed by atoms with Gasteiger partial charge in [-0.15, -0.1) is 0 Å². The number of fused-ring (bicyclic) bond motifs is 1. The number of hydrogen-bond donors (Lipinski definition) is 2. The average molecular weight is 538 g/mol. The number of benzene rings is 2. The van der Waals surface area contributed by atoms with Gasteiger partial charge in [0.1, 0.15) is 5.75 Å². The maximum atomic E-state index is 13.2. The molecule has 2 atom stereocenters. The third kappa shape index (κ3) is 5.94. The number of nitrogens with one attached hydrogen (secondary N) is 2. The molecule has 2 aromatic rings. The molecule has 3 aliphatic rings. The fourth-order valence-electron chi connectivity index (χ4n) is 5.01. The van der Waals surface area contributed by atoms with E-state index in [2.05, 4.69) is 10.6 Å². The van der Waals surface area contributed by atoms with E-state index in [0.29, 0.717) is 38.0 Å². The minimum absolute atomic E-state index is 0.0612. The van der Waals surface area contributed by atoms with E-state index in [4.69, 9.17) is 4.74 Å². The lowest BCUT2D eigenvalue weighted by atomic mass is 9.98. The fraction of sp³-hybridized carbons (Fsp3) is 0.500. The summed E-state index contributed by atoms with van der Waals surface area (Å²) in [4.78, 5) is 12.6. The number of ether oxygens (including phenoxy) is 1. The van der Waals surface area contributed by atoms with Crippen LogP contribution in [0.25, 0.3) is 0 Å². The predicted molar refractivity (Wildman–Crippen MR) is 130 cm³/mol. The van der Waals surface area contributed by atoms with Crippen molar-refractivity contribution in [2.75, 3.05) is 13.2 Å². The van der Waals surface area contributed by atoms with Crippen molar-refractivity contribution in [3.63, 3.8) is 0 Å². The lowest BCUT2D eigenvalue weighted by molar-refractivity contribution is -0.137. The first kappa shape index (κ1) is 26.0. The molecule has 0 unspecified atom stereocenters. The summed E-state index contributed by atoms with van der Waals surface area (Å²) in [5, 5.41) is 6.48. The van der Waals surface area contributed by atoms with Crippen LogP contribution in [0.1, 0.15) is 61.3 Å². The molecular formula is C26H30F3N3O4S. The van der Waals surface area contributed by atoms with Gasteiger partial charge in [-0.3, -0.25) is 4.79 Å². The van der Waals surface area contributed by atoms with Gasteiger partial charge in [-0.2, -0.15) is 17.5 Å². The lowest BCUT2D eigenvalue weighted by Crippen LogP contribution is -2.40. The highest BCUT2D eigenvalue weighted by Gasteiger charge is 2.38. The molecule has 0 radical (unpaired) electrons. The van der Waals surface area contributed by atoms with Crippen molar-refractivity contribution in [2.24, 2.45) is 0 Å². The molecule has 1 aliphatic carbocycles. The molecule has 0 aromatic heterocycles. The van der Waals surface area contributed by atoms with Crippen LogP contribution in [0, 0.1) is 0 Å². The van der Waals surface area contributed by atoms with Crippen LogP contribution in [-0.4, -0.2) is 43.9 Å². The first-order valence-electron chi connectivity index (χ1n) is 12.6. The zero-order valence-corrected chi connectivity index (χ0v) is 21.1. The van der Waals surface area contributed by atoms with Crippen molar-refractivity contribution >= 4 is 15.9 Å². The third-order valence-electron chi connectivity index (χ3n) is 7.14. The molecule has 5 rings (SSSR count). The van der Waals surface area contributed by atoms with Gasteiger partial charge in [0.05, 0.1) is 23.1 Å². The Labute approximate surface area is 214 Å². The number of amides is 1. The summed E-state index contributed by atoms with van der Waals surface area (Å²) in [6.07, 6.45) is -0.709. The van der Waals surface area contributed by atoms with E-state index >= 15 is 0 Å². The molecule has 0 spiro atoms. The van der Waals surface area contributed by atoms with E-state index in [1.807, 2.05) is 18.2 Å². The van der Waals surface area contributed by atoms with Crippen LogP contribution in [-0.2, 0) is 27.5 Å².